The van der Waals surface area contributed by atoms with Crippen molar-refractivity contribution in [1.82, 2.24) is 4.98 Å². The first-order valence-electron chi connectivity index (χ1n) is 6.00. The van der Waals surface area contributed by atoms with E-state index in [4.69, 9.17) is 11.0 Å². The van der Waals surface area contributed by atoms with Gasteiger partial charge in [0.2, 0.25) is 0 Å². The molecule has 1 aromatic heterocycles. The van der Waals surface area contributed by atoms with E-state index in [1.807, 2.05) is 36.5 Å². The molecule has 18 heavy (non-hydrogen) atoms. The summed E-state index contributed by atoms with van der Waals surface area (Å²) in [6.45, 7) is 0. The van der Waals surface area contributed by atoms with Gasteiger partial charge in [-0.15, -0.1) is 0 Å². The van der Waals surface area contributed by atoms with Gasteiger partial charge in [-0.1, -0.05) is 18.2 Å². The molecule has 0 spiro atoms. The summed E-state index contributed by atoms with van der Waals surface area (Å²) in [5.41, 5.74) is 9.67. The van der Waals surface area contributed by atoms with Crippen LogP contribution in [-0.4, -0.2) is 11.0 Å². The van der Waals surface area contributed by atoms with Crippen LogP contribution in [-0.2, 0) is 0 Å². The molecule has 2 atom stereocenters. The van der Waals surface area contributed by atoms with E-state index in [1.54, 1.807) is 0 Å². The third kappa shape index (κ3) is 1.99. The van der Waals surface area contributed by atoms with Crippen molar-refractivity contribution in [2.24, 2.45) is 5.73 Å². The summed E-state index contributed by atoms with van der Waals surface area (Å²) in [6, 6.07) is 14.0. The van der Waals surface area contributed by atoms with Crippen LogP contribution in [0.4, 0.5) is 0 Å². The molecule has 1 aromatic carbocycles. The number of hydrogen-bond donors (Lipinski definition) is 1. The highest BCUT2D eigenvalue weighted by atomic mass is 14.8. The van der Waals surface area contributed by atoms with Gasteiger partial charge in [-0.05, 0) is 30.2 Å². The second kappa shape index (κ2) is 4.25. The standard InChI is InChI=1S/C15H13N3/c16-8-10-1-3-11(4-2-10)15-6-5-12(9-18-15)13-7-14(13)17/h1-6,9,13-14H,7,17H2/t13-,14+/m0/s1. The highest BCUT2D eigenvalue weighted by Crippen LogP contribution is 2.38. The minimum absolute atomic E-state index is 0.313. The third-order valence-electron chi connectivity index (χ3n) is 3.36. The molecule has 1 heterocycles. The normalized spacial score (nSPS) is 21.3. The zero-order valence-corrected chi connectivity index (χ0v) is 9.88. The summed E-state index contributed by atoms with van der Waals surface area (Å²) < 4.78 is 0. The fourth-order valence-electron chi connectivity index (χ4n) is 2.11. The Morgan fingerprint density at radius 3 is 2.39 bits per heavy atom. The van der Waals surface area contributed by atoms with Crippen LogP contribution in [0, 0.1) is 11.3 Å². The van der Waals surface area contributed by atoms with Gasteiger partial charge in [-0.2, -0.15) is 5.26 Å². The van der Waals surface area contributed by atoms with Crippen LogP contribution in [0.2, 0.25) is 0 Å². The second-order valence-corrected chi connectivity index (χ2v) is 4.67. The summed E-state index contributed by atoms with van der Waals surface area (Å²) in [7, 11) is 0. The highest BCUT2D eigenvalue weighted by Gasteiger charge is 2.34. The number of nitrogens with two attached hydrogens (primary N) is 1. The van der Waals surface area contributed by atoms with Gasteiger partial charge in [0, 0.05) is 23.7 Å². The predicted octanol–water partition coefficient (Wildman–Crippen LogP) is 2.43. The maximum Gasteiger partial charge on any atom is 0.0991 e. The highest BCUT2D eigenvalue weighted by molar-refractivity contribution is 5.60. The molecule has 1 aliphatic carbocycles. The van der Waals surface area contributed by atoms with Gasteiger partial charge in [-0.3, -0.25) is 4.98 Å². The number of pyridine rings is 1. The molecule has 3 rings (SSSR count). The van der Waals surface area contributed by atoms with Gasteiger partial charge >= 0.3 is 0 Å². The van der Waals surface area contributed by atoms with Crippen LogP contribution in [0.5, 0.6) is 0 Å². The molecule has 1 aliphatic rings. The minimum Gasteiger partial charge on any atom is -0.327 e. The molecule has 1 fully saturated rings. The summed E-state index contributed by atoms with van der Waals surface area (Å²) in [5, 5.41) is 8.75. The first kappa shape index (κ1) is 10.9. The lowest BCUT2D eigenvalue weighted by molar-refractivity contribution is 0.981. The van der Waals surface area contributed by atoms with Crippen molar-refractivity contribution in [2.75, 3.05) is 0 Å². The van der Waals surface area contributed by atoms with E-state index in [9.17, 15) is 0 Å². The Morgan fingerprint density at radius 1 is 1.17 bits per heavy atom. The molecule has 0 radical (unpaired) electrons. The molecule has 0 saturated heterocycles. The Balaban J connectivity index is 1.85. The number of benzene rings is 1. The van der Waals surface area contributed by atoms with Crippen LogP contribution >= 0.6 is 0 Å². The molecule has 0 unspecified atom stereocenters. The number of nitriles is 1. The molecule has 88 valence electrons. The lowest BCUT2D eigenvalue weighted by Crippen LogP contribution is -2.01. The fraction of sp³-hybridized carbons (Fsp3) is 0.200. The number of aromatic nitrogens is 1. The Kier molecular flexibility index (Phi) is 2.58. The van der Waals surface area contributed by atoms with Gasteiger partial charge in [0.25, 0.3) is 0 Å². The predicted molar refractivity (Wildman–Crippen MR) is 69.7 cm³/mol. The van der Waals surface area contributed by atoms with Crippen molar-refractivity contribution >= 4 is 0 Å². The fourth-order valence-corrected chi connectivity index (χ4v) is 2.11. The molecule has 0 bridgehead atoms. The molecule has 2 aromatic rings. The van der Waals surface area contributed by atoms with Gasteiger partial charge in [0.15, 0.2) is 0 Å². The Labute approximate surface area is 106 Å². The Morgan fingerprint density at radius 2 is 1.89 bits per heavy atom. The Hall–Kier alpha value is -2.18. The smallest absolute Gasteiger partial charge is 0.0991 e. The maximum atomic E-state index is 8.75. The quantitative estimate of drug-likeness (QED) is 0.869. The molecule has 0 amide bonds. The maximum absolute atomic E-state index is 8.75. The first-order valence-corrected chi connectivity index (χ1v) is 6.00. The van der Waals surface area contributed by atoms with Gasteiger partial charge in [-0.25, -0.2) is 0 Å². The van der Waals surface area contributed by atoms with Crippen molar-refractivity contribution in [2.45, 2.75) is 18.4 Å². The minimum atomic E-state index is 0.313. The number of hydrogen-bond acceptors (Lipinski definition) is 3. The average Bonchev–Trinajstić information content (AvgIpc) is 3.16. The zero-order valence-electron chi connectivity index (χ0n) is 9.88. The summed E-state index contributed by atoms with van der Waals surface area (Å²) in [4.78, 5) is 4.46. The Bertz CT molecular complexity index is 593. The third-order valence-corrected chi connectivity index (χ3v) is 3.36. The van der Waals surface area contributed by atoms with Crippen LogP contribution in [0.3, 0.4) is 0 Å². The largest absolute Gasteiger partial charge is 0.327 e. The number of nitrogens with zero attached hydrogens (tertiary/aromatic N) is 2. The average molecular weight is 235 g/mol. The summed E-state index contributed by atoms with van der Waals surface area (Å²) in [6.07, 6.45) is 2.98. The lowest BCUT2D eigenvalue weighted by Gasteiger charge is -2.03. The van der Waals surface area contributed by atoms with Crippen molar-refractivity contribution in [3.05, 3.63) is 53.7 Å². The van der Waals surface area contributed by atoms with Crippen LogP contribution in [0.15, 0.2) is 42.6 Å². The first-order chi connectivity index (χ1) is 8.78. The van der Waals surface area contributed by atoms with Crippen LogP contribution in [0.25, 0.3) is 11.3 Å². The van der Waals surface area contributed by atoms with Gasteiger partial charge in [0.1, 0.15) is 0 Å². The topological polar surface area (TPSA) is 62.7 Å². The van der Waals surface area contributed by atoms with E-state index in [-0.39, 0.29) is 0 Å². The monoisotopic (exact) mass is 235 g/mol. The van der Waals surface area contributed by atoms with Gasteiger partial charge < -0.3 is 5.73 Å². The van der Waals surface area contributed by atoms with Gasteiger partial charge in [0.05, 0.1) is 17.3 Å². The van der Waals surface area contributed by atoms with E-state index in [1.165, 1.54) is 5.56 Å². The molecule has 1 saturated carbocycles. The van der Waals surface area contributed by atoms with Crippen LogP contribution in [0.1, 0.15) is 23.5 Å². The van der Waals surface area contributed by atoms with E-state index < -0.39 is 0 Å². The lowest BCUT2D eigenvalue weighted by atomic mass is 10.1. The van der Waals surface area contributed by atoms with E-state index in [0.29, 0.717) is 17.5 Å². The molecule has 2 N–H and O–H groups in total. The van der Waals surface area contributed by atoms with Crippen molar-refractivity contribution < 1.29 is 0 Å². The molecule has 3 nitrogen and oxygen atoms in total. The molecule has 3 heteroatoms. The summed E-state index contributed by atoms with van der Waals surface area (Å²) in [5.74, 6) is 0.493. The molecular weight excluding hydrogens is 222 g/mol. The van der Waals surface area contributed by atoms with Crippen molar-refractivity contribution in [1.29, 1.82) is 5.26 Å². The zero-order chi connectivity index (χ0) is 12.5. The van der Waals surface area contributed by atoms with Crippen LogP contribution < -0.4 is 5.73 Å². The second-order valence-electron chi connectivity index (χ2n) is 4.67. The molecule has 0 aliphatic heterocycles. The van der Waals surface area contributed by atoms with E-state index >= 15 is 0 Å². The number of rotatable bonds is 2. The molecular formula is C15H13N3. The van der Waals surface area contributed by atoms with E-state index in [2.05, 4.69) is 17.1 Å². The van der Waals surface area contributed by atoms with Crippen molar-refractivity contribution in [3.63, 3.8) is 0 Å². The van der Waals surface area contributed by atoms with E-state index in [0.717, 1.165) is 17.7 Å². The summed E-state index contributed by atoms with van der Waals surface area (Å²) >= 11 is 0. The SMILES string of the molecule is N#Cc1ccc(-c2ccc([C@@H]3C[C@H]3N)cn2)cc1. The van der Waals surface area contributed by atoms with Crippen molar-refractivity contribution in [3.8, 4) is 17.3 Å².